The summed E-state index contributed by atoms with van der Waals surface area (Å²) in [6, 6.07) is 9.87. The number of likely N-dealkylation sites (tertiary alicyclic amines) is 1. The lowest BCUT2D eigenvalue weighted by atomic mass is 9.94. The van der Waals surface area contributed by atoms with Crippen molar-refractivity contribution in [3.8, 4) is 17.2 Å². The zero-order valence-electron chi connectivity index (χ0n) is 23.9. The molecule has 2 aromatic carbocycles. The van der Waals surface area contributed by atoms with Gasteiger partial charge in [0.05, 0.1) is 45.2 Å². The summed E-state index contributed by atoms with van der Waals surface area (Å²) in [7, 11) is 1.56. The highest BCUT2D eigenvalue weighted by atomic mass is 16.5. The van der Waals surface area contributed by atoms with Crippen LogP contribution in [0.15, 0.2) is 42.0 Å². The molecule has 9 heteroatoms. The normalized spacial score (nSPS) is 19.2. The maximum absolute atomic E-state index is 13.5. The zero-order chi connectivity index (χ0) is 28.6. The quantitative estimate of drug-likeness (QED) is 0.180. The molecule has 216 valence electrons. The van der Waals surface area contributed by atoms with Gasteiger partial charge in [0, 0.05) is 31.7 Å². The minimum Gasteiger partial charge on any atom is -0.507 e. The number of carbonyl (C=O) groups excluding carboxylic acids is 2. The number of morpholine rings is 1. The van der Waals surface area contributed by atoms with Crippen molar-refractivity contribution in [3.05, 3.63) is 58.7 Å². The predicted octanol–water partition coefficient (Wildman–Crippen LogP) is 4.34. The van der Waals surface area contributed by atoms with E-state index in [2.05, 4.69) is 11.8 Å². The second-order valence-corrected chi connectivity index (χ2v) is 9.97. The average Bonchev–Trinajstić information content (AvgIpc) is 3.22. The fourth-order valence-corrected chi connectivity index (χ4v) is 5.10. The first-order valence-electron chi connectivity index (χ1n) is 14.0. The number of Topliss-reactive ketones (excluding diaryl/α,β-unsaturated/α-hetero) is 1. The van der Waals surface area contributed by atoms with Gasteiger partial charge in [-0.2, -0.15) is 0 Å². The van der Waals surface area contributed by atoms with Crippen LogP contribution in [-0.4, -0.2) is 86.3 Å². The standard InChI is InChI=1S/C31H40N2O7/c1-5-7-16-40-25-11-8-22(20-26(25)37-4)28-27(29(34)23-9-10-24(39-6-2)21(3)19-23)30(35)31(36)33(28)13-12-32-14-17-38-18-15-32/h8-11,19-20,28,34H,5-7,12-18H2,1-4H3/b29-27+. The first-order chi connectivity index (χ1) is 19.4. The van der Waals surface area contributed by atoms with E-state index in [9.17, 15) is 14.7 Å². The van der Waals surface area contributed by atoms with Gasteiger partial charge in [-0.3, -0.25) is 14.5 Å². The fourth-order valence-electron chi connectivity index (χ4n) is 5.10. The molecule has 2 aliphatic heterocycles. The molecule has 1 atom stereocenters. The topological polar surface area (TPSA) is 97.8 Å². The van der Waals surface area contributed by atoms with Crippen molar-refractivity contribution in [2.24, 2.45) is 0 Å². The van der Waals surface area contributed by atoms with E-state index in [0.29, 0.717) is 67.9 Å². The highest BCUT2D eigenvalue weighted by Crippen LogP contribution is 2.42. The molecule has 0 spiro atoms. The van der Waals surface area contributed by atoms with Gasteiger partial charge in [0.2, 0.25) is 0 Å². The number of methoxy groups -OCH3 is 1. The van der Waals surface area contributed by atoms with E-state index in [-0.39, 0.29) is 11.3 Å². The smallest absolute Gasteiger partial charge is 0.295 e. The summed E-state index contributed by atoms with van der Waals surface area (Å²) in [5, 5.41) is 11.5. The molecule has 2 saturated heterocycles. The van der Waals surface area contributed by atoms with Crippen molar-refractivity contribution in [2.45, 2.75) is 39.7 Å². The molecule has 1 amide bonds. The molecule has 2 aliphatic rings. The third-order valence-corrected chi connectivity index (χ3v) is 7.31. The lowest BCUT2D eigenvalue weighted by Crippen LogP contribution is -2.42. The van der Waals surface area contributed by atoms with Gasteiger partial charge in [0.1, 0.15) is 11.5 Å². The summed E-state index contributed by atoms with van der Waals surface area (Å²) >= 11 is 0. The Morgan fingerprint density at radius 3 is 2.42 bits per heavy atom. The number of benzene rings is 2. The third-order valence-electron chi connectivity index (χ3n) is 7.31. The van der Waals surface area contributed by atoms with Crippen molar-refractivity contribution in [1.82, 2.24) is 9.80 Å². The largest absolute Gasteiger partial charge is 0.507 e. The van der Waals surface area contributed by atoms with E-state index in [0.717, 1.165) is 31.5 Å². The zero-order valence-corrected chi connectivity index (χ0v) is 23.9. The van der Waals surface area contributed by atoms with E-state index < -0.39 is 17.7 Å². The first kappa shape index (κ1) is 29.4. The molecule has 9 nitrogen and oxygen atoms in total. The number of rotatable bonds is 12. The Morgan fingerprint density at radius 2 is 1.75 bits per heavy atom. The van der Waals surface area contributed by atoms with Crippen LogP contribution in [0.4, 0.5) is 0 Å². The molecule has 0 aliphatic carbocycles. The van der Waals surface area contributed by atoms with E-state index in [1.807, 2.05) is 19.9 Å². The molecule has 2 heterocycles. The molecule has 1 unspecified atom stereocenters. The van der Waals surface area contributed by atoms with Gasteiger partial charge in [-0.15, -0.1) is 0 Å². The number of carbonyl (C=O) groups is 2. The van der Waals surface area contributed by atoms with E-state index >= 15 is 0 Å². The number of amides is 1. The van der Waals surface area contributed by atoms with Crippen LogP contribution in [0.1, 0.15) is 49.4 Å². The number of hydrogen-bond donors (Lipinski definition) is 1. The fraction of sp³-hybridized carbons (Fsp3) is 0.484. The molecule has 2 fully saturated rings. The average molecular weight is 553 g/mol. The van der Waals surface area contributed by atoms with Crippen molar-refractivity contribution < 1.29 is 33.6 Å². The number of aliphatic hydroxyl groups excluding tert-OH is 1. The van der Waals surface area contributed by atoms with Crippen LogP contribution in [0.25, 0.3) is 5.76 Å². The van der Waals surface area contributed by atoms with Crippen molar-refractivity contribution >= 4 is 17.4 Å². The SMILES string of the molecule is CCCCOc1ccc(C2/C(=C(\O)c3ccc(OCC)c(C)c3)C(=O)C(=O)N2CCN2CCOCC2)cc1OC. The van der Waals surface area contributed by atoms with E-state index in [4.69, 9.17) is 18.9 Å². The van der Waals surface area contributed by atoms with Crippen molar-refractivity contribution in [3.63, 3.8) is 0 Å². The maximum atomic E-state index is 13.5. The van der Waals surface area contributed by atoms with Crippen LogP contribution >= 0.6 is 0 Å². The summed E-state index contributed by atoms with van der Waals surface area (Å²) in [5.74, 6) is 0.231. The monoisotopic (exact) mass is 552 g/mol. The minimum absolute atomic E-state index is 0.0530. The van der Waals surface area contributed by atoms with Gasteiger partial charge in [0.15, 0.2) is 11.5 Å². The molecule has 0 radical (unpaired) electrons. The Kier molecular flexibility index (Phi) is 10.1. The van der Waals surface area contributed by atoms with Gasteiger partial charge < -0.3 is 29.0 Å². The highest BCUT2D eigenvalue weighted by molar-refractivity contribution is 6.46. The van der Waals surface area contributed by atoms with E-state index in [1.165, 1.54) is 0 Å². The molecule has 0 bridgehead atoms. The third kappa shape index (κ3) is 6.42. The highest BCUT2D eigenvalue weighted by Gasteiger charge is 2.46. The predicted molar refractivity (Wildman–Crippen MR) is 152 cm³/mol. The molecule has 1 N–H and O–H groups in total. The van der Waals surface area contributed by atoms with E-state index in [1.54, 1.807) is 42.3 Å². The molecule has 40 heavy (non-hydrogen) atoms. The Morgan fingerprint density at radius 1 is 1.00 bits per heavy atom. The van der Waals surface area contributed by atoms with Crippen LogP contribution in [0, 0.1) is 6.92 Å². The molecule has 0 saturated carbocycles. The summed E-state index contributed by atoms with van der Waals surface area (Å²) in [6.45, 7) is 10.6. The van der Waals surface area contributed by atoms with Crippen LogP contribution in [-0.2, 0) is 14.3 Å². The molecular weight excluding hydrogens is 512 g/mol. The van der Waals surface area contributed by atoms with Crippen LogP contribution in [0.2, 0.25) is 0 Å². The summed E-state index contributed by atoms with van der Waals surface area (Å²) in [4.78, 5) is 30.7. The number of aliphatic hydroxyl groups is 1. The second-order valence-electron chi connectivity index (χ2n) is 9.97. The minimum atomic E-state index is -0.786. The van der Waals surface area contributed by atoms with Gasteiger partial charge in [-0.05, 0) is 61.7 Å². The number of ketones is 1. The lowest BCUT2D eigenvalue weighted by molar-refractivity contribution is -0.140. The maximum Gasteiger partial charge on any atom is 0.295 e. The summed E-state index contributed by atoms with van der Waals surface area (Å²) in [6.07, 6.45) is 1.91. The van der Waals surface area contributed by atoms with Gasteiger partial charge >= 0.3 is 0 Å². The van der Waals surface area contributed by atoms with Crippen LogP contribution < -0.4 is 14.2 Å². The second kappa shape index (κ2) is 13.7. The Labute approximate surface area is 236 Å². The number of aryl methyl sites for hydroxylation is 1. The number of ether oxygens (including phenoxy) is 4. The number of nitrogens with zero attached hydrogens (tertiary/aromatic N) is 2. The van der Waals surface area contributed by atoms with Crippen molar-refractivity contribution in [2.75, 3.05) is 59.7 Å². The molecule has 2 aromatic rings. The Balaban J connectivity index is 1.75. The lowest BCUT2D eigenvalue weighted by Gasteiger charge is -2.31. The number of unbranched alkanes of at least 4 members (excludes halogenated alkanes) is 1. The molecule has 0 aromatic heterocycles. The van der Waals surface area contributed by atoms with Gasteiger partial charge in [-0.1, -0.05) is 19.4 Å². The summed E-state index contributed by atoms with van der Waals surface area (Å²) < 4.78 is 22.6. The van der Waals surface area contributed by atoms with Gasteiger partial charge in [0.25, 0.3) is 11.7 Å². The summed E-state index contributed by atoms with van der Waals surface area (Å²) in [5.41, 5.74) is 1.98. The molecular formula is C31H40N2O7. The molecule has 4 rings (SSSR count). The van der Waals surface area contributed by atoms with Crippen molar-refractivity contribution in [1.29, 1.82) is 0 Å². The van der Waals surface area contributed by atoms with Crippen LogP contribution in [0.3, 0.4) is 0 Å². The Bertz CT molecular complexity index is 1240. The Hall–Kier alpha value is -3.56. The first-order valence-corrected chi connectivity index (χ1v) is 14.0. The van der Waals surface area contributed by atoms with Gasteiger partial charge in [-0.25, -0.2) is 0 Å². The van der Waals surface area contributed by atoms with Crippen LogP contribution in [0.5, 0.6) is 17.2 Å². The number of hydrogen-bond acceptors (Lipinski definition) is 8.